The van der Waals surface area contributed by atoms with E-state index in [1.165, 1.54) is 0 Å². The Bertz CT molecular complexity index is 551. The minimum absolute atomic E-state index is 0.0783. The summed E-state index contributed by atoms with van der Waals surface area (Å²) in [5, 5.41) is 8.20. The van der Waals surface area contributed by atoms with Gasteiger partial charge in [-0.1, -0.05) is 11.6 Å². The molecule has 0 aliphatic rings. The van der Waals surface area contributed by atoms with Crippen molar-refractivity contribution in [2.45, 2.75) is 46.3 Å². The summed E-state index contributed by atoms with van der Waals surface area (Å²) < 4.78 is 7.62. The lowest BCUT2D eigenvalue weighted by atomic mass is 10.1. The molecule has 0 unspecified atom stereocenters. The Morgan fingerprint density at radius 3 is 2.74 bits per heavy atom. The van der Waals surface area contributed by atoms with Crippen molar-refractivity contribution in [2.75, 3.05) is 0 Å². The predicted octanol–water partition coefficient (Wildman–Crippen LogP) is 3.37. The second-order valence-corrected chi connectivity index (χ2v) is 6.22. The minimum Gasteiger partial charge on any atom is -0.462 e. The third-order valence-electron chi connectivity index (χ3n) is 2.77. The molecule has 0 bridgehead atoms. The fourth-order valence-corrected chi connectivity index (χ4v) is 1.93. The largest absolute Gasteiger partial charge is 0.462 e. The average molecular weight is 282 g/mol. The van der Waals surface area contributed by atoms with E-state index in [0.717, 1.165) is 23.6 Å². The van der Waals surface area contributed by atoms with E-state index in [1.54, 1.807) is 17.1 Å². The lowest BCUT2D eigenvalue weighted by Crippen LogP contribution is -2.35. The molecule has 0 atom stereocenters. The van der Waals surface area contributed by atoms with Crippen molar-refractivity contribution >= 4 is 11.6 Å². The van der Waals surface area contributed by atoms with E-state index in [2.05, 4.69) is 44.2 Å². The average Bonchev–Trinajstić information content (AvgIpc) is 2.82. The monoisotopic (exact) mass is 281 g/mol. The van der Waals surface area contributed by atoms with Crippen LogP contribution in [0, 0.1) is 6.92 Å². The molecule has 0 radical (unpaired) electrons. The molecule has 4 nitrogen and oxygen atoms in total. The summed E-state index contributed by atoms with van der Waals surface area (Å²) >= 11 is 5.84. The highest BCUT2D eigenvalue weighted by Crippen LogP contribution is 2.17. The Hall–Kier alpha value is -1.26. The number of aromatic nitrogens is 2. The molecule has 2 aromatic rings. The molecular formula is C14H20ClN3O. The third-order valence-corrected chi connectivity index (χ3v) is 2.97. The maximum atomic E-state index is 5.86. The Morgan fingerprint density at radius 2 is 2.16 bits per heavy atom. The van der Waals surface area contributed by atoms with Gasteiger partial charge in [0, 0.05) is 11.7 Å². The van der Waals surface area contributed by atoms with Crippen molar-refractivity contribution in [2.24, 2.45) is 0 Å². The van der Waals surface area contributed by atoms with E-state index >= 15 is 0 Å². The molecule has 19 heavy (non-hydrogen) atoms. The second-order valence-electron chi connectivity index (χ2n) is 5.78. The van der Waals surface area contributed by atoms with Gasteiger partial charge in [-0.25, -0.2) is 0 Å². The van der Waals surface area contributed by atoms with Crippen LogP contribution >= 0.6 is 11.6 Å². The molecule has 0 saturated heterocycles. The zero-order valence-electron chi connectivity index (χ0n) is 11.8. The van der Waals surface area contributed by atoms with Crippen LogP contribution < -0.4 is 5.32 Å². The van der Waals surface area contributed by atoms with Crippen LogP contribution in [0.15, 0.2) is 22.9 Å². The maximum Gasteiger partial charge on any atom is 0.126 e. The van der Waals surface area contributed by atoms with E-state index in [1.807, 2.05) is 0 Å². The lowest BCUT2D eigenvalue weighted by molar-refractivity contribution is 0.373. The summed E-state index contributed by atoms with van der Waals surface area (Å²) in [5.41, 5.74) is 1.24. The van der Waals surface area contributed by atoms with Gasteiger partial charge in [-0.3, -0.25) is 4.68 Å². The van der Waals surface area contributed by atoms with Crippen molar-refractivity contribution < 1.29 is 4.42 Å². The third kappa shape index (κ3) is 4.11. The van der Waals surface area contributed by atoms with Crippen LogP contribution in [0.2, 0.25) is 5.02 Å². The number of nitrogens with one attached hydrogen (secondary N) is 1. The second kappa shape index (κ2) is 5.39. The summed E-state index contributed by atoms with van der Waals surface area (Å²) in [6.07, 6.45) is 3.41. The van der Waals surface area contributed by atoms with Gasteiger partial charge in [0.1, 0.15) is 11.5 Å². The fourth-order valence-electron chi connectivity index (χ4n) is 1.77. The predicted molar refractivity (Wildman–Crippen MR) is 76.4 cm³/mol. The smallest absolute Gasteiger partial charge is 0.126 e. The van der Waals surface area contributed by atoms with E-state index in [0.29, 0.717) is 11.6 Å². The van der Waals surface area contributed by atoms with E-state index in [-0.39, 0.29) is 5.54 Å². The van der Waals surface area contributed by atoms with Crippen LogP contribution in [0.4, 0.5) is 0 Å². The molecule has 0 aliphatic carbocycles. The topological polar surface area (TPSA) is 43.0 Å². The summed E-state index contributed by atoms with van der Waals surface area (Å²) in [6.45, 7) is 9.80. The van der Waals surface area contributed by atoms with Crippen molar-refractivity contribution in [3.8, 4) is 0 Å². The first-order valence-electron chi connectivity index (χ1n) is 6.35. The van der Waals surface area contributed by atoms with Crippen LogP contribution in [0.3, 0.4) is 0 Å². The van der Waals surface area contributed by atoms with Gasteiger partial charge >= 0.3 is 0 Å². The van der Waals surface area contributed by atoms with Crippen LogP contribution in [0.5, 0.6) is 0 Å². The highest BCUT2D eigenvalue weighted by molar-refractivity contribution is 6.30. The van der Waals surface area contributed by atoms with Crippen LogP contribution in [-0.4, -0.2) is 15.3 Å². The molecule has 0 fully saturated rings. The maximum absolute atomic E-state index is 5.86. The number of rotatable bonds is 4. The summed E-state index contributed by atoms with van der Waals surface area (Å²) in [6, 6.07) is 2.05. The van der Waals surface area contributed by atoms with E-state index < -0.39 is 0 Å². The number of aryl methyl sites for hydroxylation is 1. The number of hydrogen-bond donors (Lipinski definition) is 1. The Kier molecular flexibility index (Phi) is 4.02. The van der Waals surface area contributed by atoms with Crippen LogP contribution in [0.25, 0.3) is 0 Å². The Balaban J connectivity index is 2.04. The standard InChI is InChI=1S/C14H20ClN3O/c1-10-5-12(9-18-8-11(15)6-17-18)19-13(10)7-16-14(2,3)4/h5-6,8,16H,7,9H2,1-4H3. The molecule has 0 aliphatic heterocycles. The number of halogens is 1. The first-order chi connectivity index (χ1) is 8.83. The molecule has 0 spiro atoms. The van der Waals surface area contributed by atoms with Gasteiger partial charge in [0.05, 0.1) is 24.3 Å². The summed E-state index contributed by atoms with van der Waals surface area (Å²) in [7, 11) is 0. The van der Waals surface area contributed by atoms with Crippen molar-refractivity contribution in [3.63, 3.8) is 0 Å². The summed E-state index contributed by atoms with van der Waals surface area (Å²) in [4.78, 5) is 0. The molecule has 1 N–H and O–H groups in total. The first kappa shape index (κ1) is 14.2. The van der Waals surface area contributed by atoms with Gasteiger partial charge in [0.15, 0.2) is 0 Å². The van der Waals surface area contributed by atoms with Gasteiger partial charge in [0.2, 0.25) is 0 Å². The van der Waals surface area contributed by atoms with Crippen molar-refractivity contribution in [1.82, 2.24) is 15.1 Å². The zero-order valence-corrected chi connectivity index (χ0v) is 12.6. The minimum atomic E-state index is 0.0783. The molecule has 0 saturated carbocycles. The van der Waals surface area contributed by atoms with Crippen molar-refractivity contribution in [3.05, 3.63) is 40.6 Å². The Labute approximate surface area is 118 Å². The van der Waals surface area contributed by atoms with Gasteiger partial charge in [0.25, 0.3) is 0 Å². The molecule has 5 heteroatoms. The molecule has 2 rings (SSSR count). The van der Waals surface area contributed by atoms with Crippen LogP contribution in [-0.2, 0) is 13.1 Å². The van der Waals surface area contributed by atoms with Gasteiger partial charge < -0.3 is 9.73 Å². The molecule has 0 amide bonds. The lowest BCUT2D eigenvalue weighted by Gasteiger charge is -2.19. The Morgan fingerprint density at radius 1 is 1.42 bits per heavy atom. The summed E-state index contributed by atoms with van der Waals surface area (Å²) in [5.74, 6) is 1.87. The molecule has 0 aromatic carbocycles. The fraction of sp³-hybridized carbons (Fsp3) is 0.500. The zero-order chi connectivity index (χ0) is 14.0. The van der Waals surface area contributed by atoms with Gasteiger partial charge in [-0.05, 0) is 39.3 Å². The normalized spacial score (nSPS) is 12.1. The SMILES string of the molecule is Cc1cc(Cn2cc(Cl)cn2)oc1CNC(C)(C)C. The highest BCUT2D eigenvalue weighted by Gasteiger charge is 2.13. The number of nitrogens with zero attached hydrogens (tertiary/aromatic N) is 2. The molecule has 2 heterocycles. The van der Waals surface area contributed by atoms with E-state index in [4.69, 9.17) is 16.0 Å². The van der Waals surface area contributed by atoms with Gasteiger partial charge in [-0.2, -0.15) is 5.10 Å². The van der Waals surface area contributed by atoms with E-state index in [9.17, 15) is 0 Å². The molecular weight excluding hydrogens is 262 g/mol. The molecule has 104 valence electrons. The number of furan rings is 1. The number of hydrogen-bond acceptors (Lipinski definition) is 3. The quantitative estimate of drug-likeness (QED) is 0.934. The molecule has 2 aromatic heterocycles. The first-order valence-corrected chi connectivity index (χ1v) is 6.72. The van der Waals surface area contributed by atoms with Gasteiger partial charge in [-0.15, -0.1) is 0 Å². The van der Waals surface area contributed by atoms with Crippen molar-refractivity contribution in [1.29, 1.82) is 0 Å². The van der Waals surface area contributed by atoms with Crippen LogP contribution in [0.1, 0.15) is 37.9 Å². The highest BCUT2D eigenvalue weighted by atomic mass is 35.5.